The van der Waals surface area contributed by atoms with E-state index < -0.39 is 5.97 Å². The Morgan fingerprint density at radius 3 is 1.89 bits per heavy atom. The Labute approximate surface area is 112 Å². The summed E-state index contributed by atoms with van der Waals surface area (Å²) in [5.74, 6) is -0.695. The van der Waals surface area contributed by atoms with E-state index in [-0.39, 0.29) is 6.42 Å². The van der Waals surface area contributed by atoms with E-state index in [0.717, 1.165) is 32.5 Å². The molecule has 0 bridgehead atoms. The van der Waals surface area contributed by atoms with E-state index in [9.17, 15) is 4.79 Å². The highest BCUT2D eigenvalue weighted by Gasteiger charge is 1.96. The molecule has 0 saturated carbocycles. The standard InChI is InChI=1S/C15H30O3/c1-2-3-4-5-6-7-10-13-18-14-11-8-9-12-15(16)17/h2-14H2,1H3,(H,16,17). The van der Waals surface area contributed by atoms with Crippen molar-refractivity contribution in [1.82, 2.24) is 0 Å². The van der Waals surface area contributed by atoms with Crippen LogP contribution in [-0.4, -0.2) is 24.3 Å². The van der Waals surface area contributed by atoms with E-state index in [4.69, 9.17) is 9.84 Å². The molecule has 0 aliphatic heterocycles. The molecule has 1 N–H and O–H groups in total. The molecular formula is C15H30O3. The van der Waals surface area contributed by atoms with Crippen molar-refractivity contribution in [2.75, 3.05) is 13.2 Å². The summed E-state index contributed by atoms with van der Waals surface area (Å²) in [6.07, 6.45) is 12.2. The van der Waals surface area contributed by atoms with Gasteiger partial charge in [-0.25, -0.2) is 0 Å². The first kappa shape index (κ1) is 17.4. The Hall–Kier alpha value is -0.570. The number of ether oxygens (including phenoxy) is 1. The van der Waals surface area contributed by atoms with Crippen LogP contribution in [-0.2, 0) is 9.53 Å². The molecule has 3 heteroatoms. The van der Waals surface area contributed by atoms with Gasteiger partial charge in [-0.05, 0) is 19.3 Å². The minimum atomic E-state index is -0.695. The Kier molecular flexibility index (Phi) is 14.0. The first-order valence-electron chi connectivity index (χ1n) is 7.57. The fourth-order valence-electron chi connectivity index (χ4n) is 1.92. The summed E-state index contributed by atoms with van der Waals surface area (Å²) in [5.41, 5.74) is 0. The molecule has 0 radical (unpaired) electrons. The molecule has 0 rings (SSSR count). The van der Waals surface area contributed by atoms with Crippen molar-refractivity contribution >= 4 is 5.97 Å². The second kappa shape index (κ2) is 14.5. The predicted octanol–water partition coefficient (Wildman–Crippen LogP) is 4.40. The number of carbonyl (C=O) groups is 1. The van der Waals surface area contributed by atoms with Crippen LogP contribution in [0.1, 0.15) is 77.6 Å². The monoisotopic (exact) mass is 258 g/mol. The summed E-state index contributed by atoms with van der Waals surface area (Å²) >= 11 is 0. The van der Waals surface area contributed by atoms with Crippen LogP contribution in [0, 0.1) is 0 Å². The highest BCUT2D eigenvalue weighted by molar-refractivity contribution is 5.66. The topological polar surface area (TPSA) is 46.5 Å². The molecule has 3 nitrogen and oxygen atoms in total. The van der Waals surface area contributed by atoms with Crippen molar-refractivity contribution in [1.29, 1.82) is 0 Å². The van der Waals surface area contributed by atoms with Crippen molar-refractivity contribution < 1.29 is 14.6 Å². The van der Waals surface area contributed by atoms with E-state index in [2.05, 4.69) is 6.92 Å². The molecule has 0 atom stereocenters. The summed E-state index contributed by atoms with van der Waals surface area (Å²) in [7, 11) is 0. The fourth-order valence-corrected chi connectivity index (χ4v) is 1.92. The molecule has 0 aromatic heterocycles. The fraction of sp³-hybridized carbons (Fsp3) is 0.933. The van der Waals surface area contributed by atoms with Gasteiger partial charge >= 0.3 is 5.97 Å². The zero-order valence-corrected chi connectivity index (χ0v) is 12.0. The van der Waals surface area contributed by atoms with Gasteiger partial charge in [0.2, 0.25) is 0 Å². The van der Waals surface area contributed by atoms with Gasteiger partial charge in [-0.15, -0.1) is 0 Å². The molecule has 0 aliphatic rings. The summed E-state index contributed by atoms with van der Waals surface area (Å²) in [6.45, 7) is 3.90. The maximum atomic E-state index is 10.3. The number of aliphatic carboxylic acids is 1. The number of unbranched alkanes of at least 4 members (excludes halogenated alkanes) is 8. The highest BCUT2D eigenvalue weighted by Crippen LogP contribution is 2.07. The molecule has 0 aliphatic carbocycles. The summed E-state index contributed by atoms with van der Waals surface area (Å²) in [6, 6.07) is 0. The zero-order valence-electron chi connectivity index (χ0n) is 12.0. The molecule has 0 aromatic carbocycles. The van der Waals surface area contributed by atoms with E-state index in [1.54, 1.807) is 0 Å². The molecule has 18 heavy (non-hydrogen) atoms. The summed E-state index contributed by atoms with van der Waals surface area (Å²) in [4.78, 5) is 10.3. The molecule has 0 spiro atoms. The van der Waals surface area contributed by atoms with Crippen LogP contribution in [0.2, 0.25) is 0 Å². The number of carboxylic acid groups (broad SMARTS) is 1. The van der Waals surface area contributed by atoms with Crippen LogP contribution in [0.3, 0.4) is 0 Å². The molecule has 108 valence electrons. The molecule has 0 amide bonds. The van der Waals surface area contributed by atoms with Gasteiger partial charge in [-0.2, -0.15) is 0 Å². The highest BCUT2D eigenvalue weighted by atomic mass is 16.5. The van der Waals surface area contributed by atoms with Gasteiger partial charge in [0, 0.05) is 19.6 Å². The van der Waals surface area contributed by atoms with Gasteiger partial charge in [0.05, 0.1) is 0 Å². The van der Waals surface area contributed by atoms with Crippen LogP contribution in [0.5, 0.6) is 0 Å². The lowest BCUT2D eigenvalue weighted by Crippen LogP contribution is -1.98. The Morgan fingerprint density at radius 2 is 1.33 bits per heavy atom. The lowest BCUT2D eigenvalue weighted by atomic mass is 10.1. The second-order valence-electron chi connectivity index (χ2n) is 4.94. The van der Waals surface area contributed by atoms with Crippen LogP contribution in [0.15, 0.2) is 0 Å². The quantitative estimate of drug-likeness (QED) is 0.470. The second-order valence-corrected chi connectivity index (χ2v) is 4.94. The Bertz CT molecular complexity index is 181. The SMILES string of the molecule is CCCCCCCCCOCCCCCC(=O)O. The van der Waals surface area contributed by atoms with Gasteiger partial charge in [0.15, 0.2) is 0 Å². The van der Waals surface area contributed by atoms with Crippen LogP contribution in [0.25, 0.3) is 0 Å². The molecule has 0 unspecified atom stereocenters. The molecule has 0 saturated heterocycles. The Morgan fingerprint density at radius 1 is 0.833 bits per heavy atom. The molecular weight excluding hydrogens is 228 g/mol. The first-order chi connectivity index (χ1) is 8.77. The van der Waals surface area contributed by atoms with Crippen LogP contribution in [0.4, 0.5) is 0 Å². The average Bonchev–Trinajstić information content (AvgIpc) is 2.34. The largest absolute Gasteiger partial charge is 0.481 e. The van der Waals surface area contributed by atoms with Crippen molar-refractivity contribution in [2.45, 2.75) is 77.6 Å². The van der Waals surface area contributed by atoms with Crippen molar-refractivity contribution in [3.8, 4) is 0 Å². The van der Waals surface area contributed by atoms with E-state index in [0.29, 0.717) is 0 Å². The number of hydrogen-bond acceptors (Lipinski definition) is 2. The number of rotatable bonds is 14. The maximum Gasteiger partial charge on any atom is 0.303 e. The molecule has 0 heterocycles. The van der Waals surface area contributed by atoms with Gasteiger partial charge < -0.3 is 9.84 Å². The Balaban J connectivity index is 2.92. The third kappa shape index (κ3) is 15.4. The molecule has 0 fully saturated rings. The predicted molar refractivity (Wildman–Crippen MR) is 74.9 cm³/mol. The average molecular weight is 258 g/mol. The minimum absolute atomic E-state index is 0.289. The number of hydrogen-bond donors (Lipinski definition) is 1. The van der Waals surface area contributed by atoms with Gasteiger partial charge in [-0.3, -0.25) is 4.79 Å². The normalized spacial score (nSPS) is 10.7. The first-order valence-corrected chi connectivity index (χ1v) is 7.57. The third-order valence-corrected chi connectivity index (χ3v) is 3.07. The molecule has 0 aromatic rings. The number of carboxylic acids is 1. The van der Waals surface area contributed by atoms with Crippen molar-refractivity contribution in [3.05, 3.63) is 0 Å². The van der Waals surface area contributed by atoms with Crippen LogP contribution < -0.4 is 0 Å². The van der Waals surface area contributed by atoms with E-state index >= 15 is 0 Å². The third-order valence-electron chi connectivity index (χ3n) is 3.07. The van der Waals surface area contributed by atoms with Gasteiger partial charge in [0.25, 0.3) is 0 Å². The van der Waals surface area contributed by atoms with E-state index in [1.165, 1.54) is 44.9 Å². The maximum absolute atomic E-state index is 10.3. The van der Waals surface area contributed by atoms with Crippen molar-refractivity contribution in [2.24, 2.45) is 0 Å². The van der Waals surface area contributed by atoms with Gasteiger partial charge in [-0.1, -0.05) is 51.9 Å². The lowest BCUT2D eigenvalue weighted by Gasteiger charge is -2.04. The van der Waals surface area contributed by atoms with E-state index in [1.807, 2.05) is 0 Å². The minimum Gasteiger partial charge on any atom is -0.481 e. The summed E-state index contributed by atoms with van der Waals surface area (Å²) in [5, 5.41) is 8.46. The lowest BCUT2D eigenvalue weighted by molar-refractivity contribution is -0.137. The zero-order chi connectivity index (χ0) is 13.5. The van der Waals surface area contributed by atoms with Gasteiger partial charge in [0.1, 0.15) is 0 Å². The smallest absolute Gasteiger partial charge is 0.303 e. The summed E-state index contributed by atoms with van der Waals surface area (Å²) < 4.78 is 5.52. The van der Waals surface area contributed by atoms with Crippen LogP contribution >= 0.6 is 0 Å². The van der Waals surface area contributed by atoms with Crippen molar-refractivity contribution in [3.63, 3.8) is 0 Å².